The van der Waals surface area contributed by atoms with E-state index in [1.54, 1.807) is 4.68 Å². The van der Waals surface area contributed by atoms with Gasteiger partial charge in [-0.25, -0.2) is 0 Å². The van der Waals surface area contributed by atoms with E-state index in [1.807, 2.05) is 14.0 Å². The zero-order chi connectivity index (χ0) is 12.4. The molecule has 96 valence electrons. The van der Waals surface area contributed by atoms with Crippen LogP contribution in [0.2, 0.25) is 5.15 Å². The lowest BCUT2D eigenvalue weighted by molar-refractivity contribution is 0.180. The fraction of sp³-hybridized carbons (Fsp3) is 0.750. The molecule has 1 aliphatic rings. The van der Waals surface area contributed by atoms with Gasteiger partial charge in [0.05, 0.1) is 5.69 Å². The molecule has 1 aromatic rings. The molecule has 2 heterocycles. The minimum Gasteiger partial charge on any atom is -0.330 e. The van der Waals surface area contributed by atoms with Gasteiger partial charge in [-0.3, -0.25) is 9.58 Å². The lowest BCUT2D eigenvalue weighted by atomic mass is 9.97. The van der Waals surface area contributed by atoms with Gasteiger partial charge < -0.3 is 5.73 Å². The molecule has 4 nitrogen and oxygen atoms in total. The standard InChI is InChI=1S/C12H21ClN4/c1-9-11(12(13)16(2)15-9)8-17-5-3-10(7-14)4-6-17/h10H,3-8,14H2,1-2H3. The minimum absolute atomic E-state index is 0.705. The van der Waals surface area contributed by atoms with Gasteiger partial charge in [0, 0.05) is 19.2 Å². The number of nitrogens with two attached hydrogens (primary N) is 1. The molecule has 0 saturated carbocycles. The van der Waals surface area contributed by atoms with Crippen molar-refractivity contribution in [2.24, 2.45) is 18.7 Å². The second kappa shape index (κ2) is 5.38. The van der Waals surface area contributed by atoms with Crippen molar-refractivity contribution in [1.29, 1.82) is 0 Å². The fourth-order valence-corrected chi connectivity index (χ4v) is 2.69. The van der Waals surface area contributed by atoms with E-state index in [2.05, 4.69) is 10.00 Å². The Morgan fingerprint density at radius 1 is 1.41 bits per heavy atom. The predicted molar refractivity (Wildman–Crippen MR) is 70.0 cm³/mol. The molecular weight excluding hydrogens is 236 g/mol. The second-order valence-electron chi connectivity index (χ2n) is 4.93. The number of aryl methyl sites for hydroxylation is 2. The van der Waals surface area contributed by atoms with Gasteiger partial charge in [0.2, 0.25) is 0 Å². The summed E-state index contributed by atoms with van der Waals surface area (Å²) in [5, 5.41) is 5.11. The van der Waals surface area contributed by atoms with E-state index in [1.165, 1.54) is 18.4 Å². The topological polar surface area (TPSA) is 47.1 Å². The Balaban J connectivity index is 1.98. The van der Waals surface area contributed by atoms with Gasteiger partial charge in [0.25, 0.3) is 0 Å². The highest BCUT2D eigenvalue weighted by Crippen LogP contribution is 2.23. The molecule has 0 bridgehead atoms. The van der Waals surface area contributed by atoms with Crippen LogP contribution in [0.3, 0.4) is 0 Å². The molecule has 17 heavy (non-hydrogen) atoms. The summed E-state index contributed by atoms with van der Waals surface area (Å²) < 4.78 is 1.75. The largest absolute Gasteiger partial charge is 0.330 e. The van der Waals surface area contributed by atoms with E-state index in [0.29, 0.717) is 5.92 Å². The monoisotopic (exact) mass is 256 g/mol. The molecule has 1 aromatic heterocycles. The maximum atomic E-state index is 6.24. The highest BCUT2D eigenvalue weighted by Gasteiger charge is 2.20. The van der Waals surface area contributed by atoms with E-state index in [0.717, 1.165) is 37.0 Å². The number of aromatic nitrogens is 2. The molecule has 2 rings (SSSR count). The van der Waals surface area contributed by atoms with Crippen molar-refractivity contribution in [3.8, 4) is 0 Å². The molecule has 1 aliphatic heterocycles. The highest BCUT2D eigenvalue weighted by atomic mass is 35.5. The zero-order valence-corrected chi connectivity index (χ0v) is 11.4. The maximum absolute atomic E-state index is 6.24. The van der Waals surface area contributed by atoms with Crippen LogP contribution in [0.25, 0.3) is 0 Å². The number of piperidine rings is 1. The summed E-state index contributed by atoms with van der Waals surface area (Å²) in [5.74, 6) is 0.705. The molecule has 2 N–H and O–H groups in total. The van der Waals surface area contributed by atoms with Crippen LogP contribution in [-0.2, 0) is 13.6 Å². The van der Waals surface area contributed by atoms with Crippen molar-refractivity contribution in [3.63, 3.8) is 0 Å². The van der Waals surface area contributed by atoms with E-state index in [-0.39, 0.29) is 0 Å². The van der Waals surface area contributed by atoms with Crippen molar-refractivity contribution >= 4 is 11.6 Å². The molecule has 0 aromatic carbocycles. The normalized spacial score (nSPS) is 18.8. The van der Waals surface area contributed by atoms with Crippen molar-refractivity contribution in [3.05, 3.63) is 16.4 Å². The summed E-state index contributed by atoms with van der Waals surface area (Å²) in [6.07, 6.45) is 2.40. The van der Waals surface area contributed by atoms with E-state index in [4.69, 9.17) is 17.3 Å². The Bertz CT molecular complexity index is 380. The summed E-state index contributed by atoms with van der Waals surface area (Å²) in [5.41, 5.74) is 7.91. The summed E-state index contributed by atoms with van der Waals surface area (Å²) in [4.78, 5) is 2.45. The molecule has 5 heteroatoms. The van der Waals surface area contributed by atoms with Gasteiger partial charge in [-0.1, -0.05) is 11.6 Å². The van der Waals surface area contributed by atoms with Crippen LogP contribution in [0, 0.1) is 12.8 Å². The number of halogens is 1. The van der Waals surface area contributed by atoms with Crippen LogP contribution in [0.5, 0.6) is 0 Å². The third-order valence-electron chi connectivity index (χ3n) is 3.69. The average molecular weight is 257 g/mol. The summed E-state index contributed by atoms with van der Waals surface area (Å²) in [7, 11) is 1.89. The molecule has 1 fully saturated rings. The third-order valence-corrected chi connectivity index (χ3v) is 4.16. The van der Waals surface area contributed by atoms with Crippen molar-refractivity contribution < 1.29 is 0 Å². The Labute approximate surface area is 108 Å². The van der Waals surface area contributed by atoms with Crippen LogP contribution >= 0.6 is 11.6 Å². The number of hydrogen-bond acceptors (Lipinski definition) is 3. The SMILES string of the molecule is Cc1nn(C)c(Cl)c1CN1CCC(CN)CC1. The van der Waals surface area contributed by atoms with E-state index >= 15 is 0 Å². The van der Waals surface area contributed by atoms with Crippen LogP contribution < -0.4 is 5.73 Å². The maximum Gasteiger partial charge on any atom is 0.131 e. The fourth-order valence-electron chi connectivity index (χ4n) is 2.46. The smallest absolute Gasteiger partial charge is 0.131 e. The van der Waals surface area contributed by atoms with Crippen molar-refractivity contribution in [2.45, 2.75) is 26.3 Å². The summed E-state index contributed by atoms with van der Waals surface area (Å²) in [6.45, 7) is 5.99. The first-order chi connectivity index (χ1) is 8.11. The van der Waals surface area contributed by atoms with Crippen LogP contribution in [0.1, 0.15) is 24.1 Å². The number of rotatable bonds is 3. The number of nitrogens with zero attached hydrogens (tertiary/aromatic N) is 3. The first-order valence-corrected chi connectivity index (χ1v) is 6.60. The van der Waals surface area contributed by atoms with Crippen LogP contribution in [0.4, 0.5) is 0 Å². The molecular formula is C12H21ClN4. The third kappa shape index (κ3) is 2.81. The second-order valence-corrected chi connectivity index (χ2v) is 5.29. The quantitative estimate of drug-likeness (QED) is 0.893. The predicted octanol–water partition coefficient (Wildman–Crippen LogP) is 1.55. The van der Waals surface area contributed by atoms with E-state index < -0.39 is 0 Å². The average Bonchev–Trinajstić information content (AvgIpc) is 2.57. The number of likely N-dealkylation sites (tertiary alicyclic amines) is 1. The van der Waals surface area contributed by atoms with Crippen molar-refractivity contribution in [1.82, 2.24) is 14.7 Å². The van der Waals surface area contributed by atoms with Gasteiger partial charge in [0.1, 0.15) is 5.15 Å². The Morgan fingerprint density at radius 3 is 2.53 bits per heavy atom. The number of hydrogen-bond donors (Lipinski definition) is 1. The zero-order valence-electron chi connectivity index (χ0n) is 10.6. The molecule has 0 atom stereocenters. The van der Waals surface area contributed by atoms with Gasteiger partial charge >= 0.3 is 0 Å². The lowest BCUT2D eigenvalue weighted by Gasteiger charge is -2.31. The van der Waals surface area contributed by atoms with Gasteiger partial charge in [-0.15, -0.1) is 0 Å². The Morgan fingerprint density at radius 2 is 2.06 bits per heavy atom. The molecule has 0 spiro atoms. The lowest BCUT2D eigenvalue weighted by Crippen LogP contribution is -2.35. The summed E-state index contributed by atoms with van der Waals surface area (Å²) >= 11 is 6.24. The van der Waals surface area contributed by atoms with Crippen LogP contribution in [0.15, 0.2) is 0 Å². The molecule has 0 radical (unpaired) electrons. The van der Waals surface area contributed by atoms with Gasteiger partial charge in [-0.05, 0) is 45.3 Å². The summed E-state index contributed by atoms with van der Waals surface area (Å²) in [6, 6.07) is 0. The Hall–Kier alpha value is -0.580. The molecule has 1 saturated heterocycles. The van der Waals surface area contributed by atoms with E-state index in [9.17, 15) is 0 Å². The molecule has 0 unspecified atom stereocenters. The van der Waals surface area contributed by atoms with Crippen molar-refractivity contribution in [2.75, 3.05) is 19.6 Å². The first-order valence-electron chi connectivity index (χ1n) is 6.22. The first kappa shape index (κ1) is 12.9. The highest BCUT2D eigenvalue weighted by molar-refractivity contribution is 6.30. The minimum atomic E-state index is 0.705. The van der Waals surface area contributed by atoms with Crippen LogP contribution in [-0.4, -0.2) is 34.3 Å². The Kier molecular flexibility index (Phi) is 4.07. The molecule has 0 amide bonds. The molecule has 0 aliphatic carbocycles. The van der Waals surface area contributed by atoms with Gasteiger partial charge in [0.15, 0.2) is 0 Å². The van der Waals surface area contributed by atoms with Gasteiger partial charge in [-0.2, -0.15) is 5.10 Å².